The molecule has 5 rings (SSSR count). The van der Waals surface area contributed by atoms with Gasteiger partial charge in [-0.25, -0.2) is 4.98 Å². The fraction of sp³-hybridized carbons (Fsp3) is 0.167. The Morgan fingerprint density at radius 2 is 2.00 bits per heavy atom. The van der Waals surface area contributed by atoms with Crippen molar-refractivity contribution < 1.29 is 13.9 Å². The third-order valence-electron chi connectivity index (χ3n) is 4.16. The van der Waals surface area contributed by atoms with Crippen LogP contribution in [-0.2, 0) is 6.54 Å². The van der Waals surface area contributed by atoms with Gasteiger partial charge in [-0.2, -0.15) is 0 Å². The highest BCUT2D eigenvalue weighted by atomic mass is 16.6. The number of nitrogens with zero attached hydrogens (tertiary/aromatic N) is 4. The van der Waals surface area contributed by atoms with Crippen LogP contribution in [-0.4, -0.2) is 26.2 Å². The number of nitrogens with one attached hydrogen (secondary N) is 1. The summed E-state index contributed by atoms with van der Waals surface area (Å²) >= 11 is 0. The molecule has 1 N–H and O–H groups in total. The maximum Gasteiger partial charge on any atom is 0.315 e. The van der Waals surface area contributed by atoms with Crippen molar-refractivity contribution in [2.45, 2.75) is 12.6 Å². The van der Waals surface area contributed by atoms with Crippen LogP contribution < -0.4 is 14.8 Å². The van der Waals surface area contributed by atoms with Gasteiger partial charge >= 0.3 is 6.01 Å². The second kappa shape index (κ2) is 6.07. The molecule has 1 aliphatic heterocycles. The zero-order chi connectivity index (χ0) is 17.3. The Balaban J connectivity index is 1.29. The summed E-state index contributed by atoms with van der Waals surface area (Å²) in [6.45, 7) is 0.854. The summed E-state index contributed by atoms with van der Waals surface area (Å²) in [5.74, 6) is 1.76. The van der Waals surface area contributed by atoms with E-state index >= 15 is 0 Å². The molecule has 0 unspecified atom stereocenters. The van der Waals surface area contributed by atoms with Gasteiger partial charge in [0.1, 0.15) is 12.3 Å². The standard InChI is InChI=1S/C18H15N5O3/c1-2-6-14-13(5-1)24-11-15(25-14)17-21-22-18(26-17)20-10-12-4-3-7-16-19-8-9-23(12)16/h1-9,15H,10-11H2,(H,20,22)/t15-/m1/s1. The number of ether oxygens (including phenoxy) is 2. The minimum atomic E-state index is -0.426. The monoisotopic (exact) mass is 349 g/mol. The molecule has 8 heteroatoms. The van der Waals surface area contributed by atoms with E-state index < -0.39 is 6.10 Å². The molecule has 26 heavy (non-hydrogen) atoms. The third kappa shape index (κ3) is 2.61. The molecule has 0 spiro atoms. The topological polar surface area (TPSA) is 86.7 Å². The predicted octanol–water partition coefficient (Wildman–Crippen LogP) is 2.84. The summed E-state index contributed by atoms with van der Waals surface area (Å²) in [6, 6.07) is 13.8. The zero-order valence-electron chi connectivity index (χ0n) is 13.7. The lowest BCUT2D eigenvalue weighted by atomic mass is 10.2. The van der Waals surface area contributed by atoms with Crippen molar-refractivity contribution in [3.8, 4) is 11.5 Å². The molecule has 0 amide bonds. The Bertz CT molecular complexity index is 1060. The number of fused-ring (bicyclic) bond motifs is 2. The highest BCUT2D eigenvalue weighted by molar-refractivity contribution is 5.41. The lowest BCUT2D eigenvalue weighted by molar-refractivity contribution is 0.0717. The molecule has 3 aromatic heterocycles. The molecule has 1 atom stereocenters. The van der Waals surface area contributed by atoms with Crippen molar-refractivity contribution in [1.29, 1.82) is 0 Å². The highest BCUT2D eigenvalue weighted by Gasteiger charge is 2.27. The van der Waals surface area contributed by atoms with Crippen LogP contribution >= 0.6 is 0 Å². The van der Waals surface area contributed by atoms with Gasteiger partial charge in [-0.15, -0.1) is 5.10 Å². The van der Waals surface area contributed by atoms with Crippen molar-refractivity contribution in [3.63, 3.8) is 0 Å². The number of rotatable bonds is 4. The highest BCUT2D eigenvalue weighted by Crippen LogP contribution is 2.35. The molecular weight excluding hydrogens is 334 g/mol. The fourth-order valence-electron chi connectivity index (χ4n) is 2.89. The largest absolute Gasteiger partial charge is 0.485 e. The molecule has 8 nitrogen and oxygen atoms in total. The molecular formula is C18H15N5O3. The molecule has 4 heterocycles. The predicted molar refractivity (Wildman–Crippen MR) is 92.1 cm³/mol. The first-order valence-corrected chi connectivity index (χ1v) is 8.23. The molecule has 0 bridgehead atoms. The summed E-state index contributed by atoms with van der Waals surface area (Å²) in [5.41, 5.74) is 1.92. The van der Waals surface area contributed by atoms with E-state index in [1.54, 1.807) is 6.20 Å². The number of aromatic nitrogens is 4. The smallest absolute Gasteiger partial charge is 0.315 e. The summed E-state index contributed by atoms with van der Waals surface area (Å²) in [4.78, 5) is 4.27. The van der Waals surface area contributed by atoms with Gasteiger partial charge in [-0.05, 0) is 24.3 Å². The van der Waals surface area contributed by atoms with Crippen molar-refractivity contribution in [3.05, 3.63) is 66.4 Å². The molecule has 0 saturated carbocycles. The second-order valence-electron chi connectivity index (χ2n) is 5.84. The number of anilines is 1. The Hall–Kier alpha value is -3.55. The van der Waals surface area contributed by atoms with Gasteiger partial charge in [-0.1, -0.05) is 23.3 Å². The Kier molecular flexibility index (Phi) is 3.45. The minimum Gasteiger partial charge on any atom is -0.485 e. The Morgan fingerprint density at radius 1 is 1.08 bits per heavy atom. The quantitative estimate of drug-likeness (QED) is 0.606. The van der Waals surface area contributed by atoms with E-state index in [0.29, 0.717) is 30.8 Å². The van der Waals surface area contributed by atoms with Gasteiger partial charge in [-0.3, -0.25) is 0 Å². The average molecular weight is 349 g/mol. The van der Waals surface area contributed by atoms with Crippen LogP contribution in [0.2, 0.25) is 0 Å². The van der Waals surface area contributed by atoms with Gasteiger partial charge < -0.3 is 23.6 Å². The van der Waals surface area contributed by atoms with E-state index in [-0.39, 0.29) is 0 Å². The van der Waals surface area contributed by atoms with E-state index in [4.69, 9.17) is 13.9 Å². The van der Waals surface area contributed by atoms with Crippen LogP contribution in [0.3, 0.4) is 0 Å². The average Bonchev–Trinajstić information content (AvgIpc) is 3.35. The lowest BCUT2D eigenvalue weighted by Crippen LogP contribution is -2.21. The maximum atomic E-state index is 5.88. The van der Waals surface area contributed by atoms with Crippen LogP contribution in [0.1, 0.15) is 17.7 Å². The number of hydrogen-bond acceptors (Lipinski definition) is 7. The molecule has 4 aromatic rings. The molecule has 1 aromatic carbocycles. The van der Waals surface area contributed by atoms with E-state index in [1.165, 1.54) is 0 Å². The van der Waals surface area contributed by atoms with E-state index in [2.05, 4.69) is 20.5 Å². The maximum absolute atomic E-state index is 5.88. The van der Waals surface area contributed by atoms with Crippen molar-refractivity contribution >= 4 is 11.7 Å². The van der Waals surface area contributed by atoms with Gasteiger partial charge in [0.2, 0.25) is 6.10 Å². The Labute approximate surface area is 148 Å². The molecule has 1 aliphatic rings. The van der Waals surface area contributed by atoms with E-state index in [9.17, 15) is 0 Å². The van der Waals surface area contributed by atoms with Crippen LogP contribution in [0.4, 0.5) is 6.01 Å². The number of benzene rings is 1. The van der Waals surface area contributed by atoms with Gasteiger partial charge in [0.15, 0.2) is 11.5 Å². The van der Waals surface area contributed by atoms with Crippen LogP contribution in [0, 0.1) is 0 Å². The second-order valence-corrected chi connectivity index (χ2v) is 5.84. The summed E-state index contributed by atoms with van der Waals surface area (Å²) < 4.78 is 19.3. The Morgan fingerprint density at radius 3 is 2.96 bits per heavy atom. The summed E-state index contributed by atoms with van der Waals surface area (Å²) in [6.07, 6.45) is 3.25. The SMILES string of the molecule is c1ccc2c(c1)OC[C@H](c1nnc(NCc3cccc4nccn34)o1)O2. The van der Waals surface area contributed by atoms with E-state index in [1.807, 2.05) is 53.1 Å². The summed E-state index contributed by atoms with van der Waals surface area (Å²) in [7, 11) is 0. The van der Waals surface area contributed by atoms with Gasteiger partial charge in [0.05, 0.1) is 6.54 Å². The van der Waals surface area contributed by atoms with Crippen LogP contribution in [0.5, 0.6) is 11.5 Å². The molecule has 0 saturated heterocycles. The first kappa shape index (κ1) is 14.8. The van der Waals surface area contributed by atoms with Gasteiger partial charge in [0.25, 0.3) is 5.89 Å². The number of para-hydroxylation sites is 2. The lowest BCUT2D eigenvalue weighted by Gasteiger charge is -2.23. The first-order valence-electron chi connectivity index (χ1n) is 8.23. The summed E-state index contributed by atoms with van der Waals surface area (Å²) in [5, 5.41) is 11.3. The van der Waals surface area contributed by atoms with Crippen molar-refractivity contribution in [2.75, 3.05) is 11.9 Å². The zero-order valence-corrected chi connectivity index (χ0v) is 13.7. The van der Waals surface area contributed by atoms with Crippen molar-refractivity contribution in [1.82, 2.24) is 19.6 Å². The normalized spacial score (nSPS) is 15.9. The van der Waals surface area contributed by atoms with Crippen LogP contribution in [0.25, 0.3) is 5.65 Å². The molecule has 130 valence electrons. The molecule has 0 radical (unpaired) electrons. The molecule has 0 aliphatic carbocycles. The fourth-order valence-corrected chi connectivity index (χ4v) is 2.89. The first-order chi connectivity index (χ1) is 12.9. The molecule has 0 fully saturated rings. The van der Waals surface area contributed by atoms with Crippen molar-refractivity contribution in [2.24, 2.45) is 0 Å². The number of pyridine rings is 1. The minimum absolute atomic E-state index is 0.326. The van der Waals surface area contributed by atoms with Crippen LogP contribution in [0.15, 0.2) is 59.3 Å². The number of imidazole rings is 1. The van der Waals surface area contributed by atoms with E-state index in [0.717, 1.165) is 17.1 Å². The third-order valence-corrected chi connectivity index (χ3v) is 4.16. The number of hydrogen-bond donors (Lipinski definition) is 1. The van der Waals surface area contributed by atoms with Gasteiger partial charge in [0, 0.05) is 18.1 Å².